The van der Waals surface area contributed by atoms with Gasteiger partial charge in [-0.05, 0) is 56.1 Å². The number of nitrogens with zero attached hydrogens (tertiary/aromatic N) is 2. The Kier molecular flexibility index (Phi) is 9.92. The SMILES string of the molecule is COc1cnc(O[C@@H]2C[C@H]3C(=O)N[C@]4(C(=O)NS(=O)(=O)C5CC5)C[C@H]4C=C[C@@H](C)CCC[C@@H](C)[C@H](NC(=O)O)C(=O)N3C2)c2cccc(Cl)c12. The minimum absolute atomic E-state index is 0.0167. The van der Waals surface area contributed by atoms with Crippen molar-refractivity contribution in [3.8, 4) is 11.6 Å². The molecular formula is C34H42ClN5O9S. The molecule has 6 rings (SSSR count). The van der Waals surface area contributed by atoms with Crippen LogP contribution in [0.3, 0.4) is 0 Å². The van der Waals surface area contributed by atoms with Crippen molar-refractivity contribution in [3.63, 3.8) is 0 Å². The highest BCUT2D eigenvalue weighted by Gasteiger charge is 2.62. The lowest BCUT2D eigenvalue weighted by Crippen LogP contribution is -2.59. The molecule has 1 aromatic heterocycles. The van der Waals surface area contributed by atoms with Crippen molar-refractivity contribution >= 4 is 56.2 Å². The van der Waals surface area contributed by atoms with Gasteiger partial charge >= 0.3 is 6.09 Å². The number of carbonyl (C=O) groups excluding carboxylic acids is 3. The molecule has 3 fully saturated rings. The van der Waals surface area contributed by atoms with E-state index in [2.05, 4.69) is 20.3 Å². The number of carbonyl (C=O) groups is 4. The number of methoxy groups -OCH3 is 1. The number of ether oxygens (including phenoxy) is 2. The summed E-state index contributed by atoms with van der Waals surface area (Å²) in [5, 5.41) is 15.8. The Labute approximate surface area is 295 Å². The minimum Gasteiger partial charge on any atom is -0.494 e. The minimum atomic E-state index is -3.91. The van der Waals surface area contributed by atoms with Crippen LogP contribution in [0, 0.1) is 17.8 Å². The maximum absolute atomic E-state index is 14.3. The lowest BCUT2D eigenvalue weighted by Gasteiger charge is -2.31. The second-order valence-electron chi connectivity index (χ2n) is 13.9. The third-order valence-corrected chi connectivity index (χ3v) is 12.3. The molecule has 270 valence electrons. The van der Waals surface area contributed by atoms with E-state index in [0.29, 0.717) is 47.2 Å². The first-order valence-electron chi connectivity index (χ1n) is 16.9. The van der Waals surface area contributed by atoms with Crippen LogP contribution in [0.1, 0.15) is 58.8 Å². The van der Waals surface area contributed by atoms with Crippen LogP contribution in [-0.4, -0.2) is 89.9 Å². The average molecular weight is 732 g/mol. The van der Waals surface area contributed by atoms with Crippen LogP contribution in [0.5, 0.6) is 11.6 Å². The Bertz CT molecular complexity index is 1840. The van der Waals surface area contributed by atoms with Crippen LogP contribution in [0.25, 0.3) is 10.8 Å². The fraction of sp³-hybridized carbons (Fsp3) is 0.559. The largest absolute Gasteiger partial charge is 0.494 e. The Morgan fingerprint density at radius 2 is 1.90 bits per heavy atom. The third kappa shape index (κ3) is 7.20. The molecule has 4 N–H and O–H groups in total. The van der Waals surface area contributed by atoms with Gasteiger partial charge < -0.3 is 30.1 Å². The molecule has 1 saturated heterocycles. The van der Waals surface area contributed by atoms with Crippen LogP contribution >= 0.6 is 11.6 Å². The number of benzene rings is 1. The molecular weight excluding hydrogens is 690 g/mol. The zero-order valence-corrected chi connectivity index (χ0v) is 29.6. The van der Waals surface area contributed by atoms with Crippen molar-refractivity contribution in [2.24, 2.45) is 17.8 Å². The standard InChI is InChI=1S/C34H42ClN5O9S/c1-18-6-4-7-19(2)28(37-33(44)45)31(42)40-17-21(49-30-23-8-5-9-24(35)27(23)26(48-3)16-36-30)14-25(40)29(41)38-34(15-20(34)11-10-18)32(43)39-50(46,47)22-12-13-22/h5,8-11,16,18-22,25,28,37H,4,6-7,12-15,17H2,1-3H3,(H,38,41)(H,39,43)(H,44,45)/t18-,19+,20+,21+,25-,28-,34+/m0/s1. The Balaban J connectivity index is 1.34. The van der Waals surface area contributed by atoms with E-state index in [1.54, 1.807) is 25.1 Å². The van der Waals surface area contributed by atoms with Gasteiger partial charge in [0.15, 0.2) is 0 Å². The second-order valence-corrected chi connectivity index (χ2v) is 16.3. The Morgan fingerprint density at radius 3 is 2.60 bits per heavy atom. The number of nitrogens with one attached hydrogen (secondary N) is 3. The van der Waals surface area contributed by atoms with Crippen LogP contribution in [-0.2, 0) is 24.4 Å². The maximum atomic E-state index is 14.3. The molecule has 2 aliphatic heterocycles. The number of amides is 4. The molecule has 0 unspecified atom stereocenters. The lowest BCUT2D eigenvalue weighted by atomic mass is 9.92. The van der Waals surface area contributed by atoms with E-state index in [-0.39, 0.29) is 31.2 Å². The topological polar surface area (TPSA) is 193 Å². The number of rotatable bonds is 7. The summed E-state index contributed by atoms with van der Waals surface area (Å²) in [5.74, 6) is -2.28. The van der Waals surface area contributed by atoms with Gasteiger partial charge in [0.05, 0.1) is 30.1 Å². The predicted molar refractivity (Wildman–Crippen MR) is 183 cm³/mol. The van der Waals surface area contributed by atoms with Gasteiger partial charge in [-0.15, -0.1) is 0 Å². The number of pyridine rings is 1. The second kappa shape index (κ2) is 13.9. The van der Waals surface area contributed by atoms with Gasteiger partial charge in [0.2, 0.25) is 27.7 Å². The van der Waals surface area contributed by atoms with Crippen molar-refractivity contribution < 1.29 is 42.2 Å². The summed E-state index contributed by atoms with van der Waals surface area (Å²) >= 11 is 6.49. The molecule has 7 atom stereocenters. The summed E-state index contributed by atoms with van der Waals surface area (Å²) in [4.78, 5) is 59.8. The van der Waals surface area contributed by atoms with Gasteiger partial charge in [-0.25, -0.2) is 18.2 Å². The molecule has 3 heterocycles. The van der Waals surface area contributed by atoms with Gasteiger partial charge in [0.1, 0.15) is 29.5 Å². The van der Waals surface area contributed by atoms with E-state index in [1.165, 1.54) is 18.2 Å². The first-order valence-corrected chi connectivity index (χ1v) is 18.8. The molecule has 0 bridgehead atoms. The smallest absolute Gasteiger partial charge is 0.405 e. The Hall–Kier alpha value is -4.11. The van der Waals surface area contributed by atoms with Gasteiger partial charge in [-0.1, -0.05) is 50.1 Å². The number of allylic oxidation sites excluding steroid dienone is 1. The van der Waals surface area contributed by atoms with Crippen molar-refractivity contribution in [1.29, 1.82) is 0 Å². The molecule has 4 aliphatic rings. The van der Waals surface area contributed by atoms with Crippen molar-refractivity contribution in [2.45, 2.75) is 87.8 Å². The molecule has 2 aliphatic carbocycles. The quantitative estimate of drug-likeness (QED) is 0.307. The summed E-state index contributed by atoms with van der Waals surface area (Å²) in [7, 11) is -2.42. The normalized spacial score (nSPS) is 30.3. The number of carboxylic acid groups (broad SMARTS) is 1. The van der Waals surface area contributed by atoms with E-state index in [0.717, 1.165) is 6.42 Å². The Morgan fingerprint density at radius 1 is 1.14 bits per heavy atom. The van der Waals surface area contributed by atoms with Crippen molar-refractivity contribution in [3.05, 3.63) is 41.6 Å². The summed E-state index contributed by atoms with van der Waals surface area (Å²) in [5.41, 5.74) is -1.54. The number of aromatic nitrogens is 1. The van der Waals surface area contributed by atoms with Gasteiger partial charge in [0.25, 0.3) is 5.91 Å². The fourth-order valence-electron chi connectivity index (χ4n) is 7.06. The van der Waals surface area contributed by atoms with Crippen LogP contribution in [0.15, 0.2) is 36.5 Å². The molecule has 4 amide bonds. The zero-order chi connectivity index (χ0) is 36.0. The highest BCUT2D eigenvalue weighted by Crippen LogP contribution is 2.46. The first kappa shape index (κ1) is 35.7. The molecule has 1 aromatic carbocycles. The summed E-state index contributed by atoms with van der Waals surface area (Å²) in [6.07, 6.45) is 6.15. The summed E-state index contributed by atoms with van der Waals surface area (Å²) < 4.78 is 39.5. The van der Waals surface area contributed by atoms with Gasteiger partial charge in [-0.2, -0.15) is 0 Å². The first-order chi connectivity index (χ1) is 23.7. The molecule has 2 saturated carbocycles. The van der Waals surface area contributed by atoms with E-state index >= 15 is 0 Å². The maximum Gasteiger partial charge on any atom is 0.405 e. The monoisotopic (exact) mass is 731 g/mol. The predicted octanol–water partition coefficient (Wildman–Crippen LogP) is 3.38. The number of halogens is 1. The van der Waals surface area contributed by atoms with Gasteiger partial charge in [-0.3, -0.25) is 19.1 Å². The molecule has 2 aromatic rings. The number of hydrogen-bond donors (Lipinski definition) is 4. The highest BCUT2D eigenvalue weighted by atomic mass is 35.5. The highest BCUT2D eigenvalue weighted by molar-refractivity contribution is 7.91. The molecule has 14 nitrogen and oxygen atoms in total. The number of hydrogen-bond acceptors (Lipinski definition) is 9. The van der Waals surface area contributed by atoms with E-state index in [1.807, 2.05) is 19.1 Å². The summed E-state index contributed by atoms with van der Waals surface area (Å²) in [6.45, 7) is 3.71. The zero-order valence-electron chi connectivity index (χ0n) is 28.1. The lowest BCUT2D eigenvalue weighted by molar-refractivity contribution is -0.142. The molecule has 0 radical (unpaired) electrons. The number of fused-ring (bicyclic) bond motifs is 3. The van der Waals surface area contributed by atoms with Crippen molar-refractivity contribution in [2.75, 3.05) is 13.7 Å². The third-order valence-electron chi connectivity index (χ3n) is 10.2. The molecule has 0 spiro atoms. The van der Waals surface area contributed by atoms with Gasteiger partial charge in [0, 0.05) is 23.1 Å². The fourth-order valence-corrected chi connectivity index (χ4v) is 8.69. The van der Waals surface area contributed by atoms with Crippen molar-refractivity contribution in [1.82, 2.24) is 25.2 Å². The van der Waals surface area contributed by atoms with E-state index < -0.39 is 74.7 Å². The van der Waals surface area contributed by atoms with Crippen LogP contribution in [0.4, 0.5) is 4.79 Å². The molecule has 50 heavy (non-hydrogen) atoms. The molecule has 16 heteroatoms. The summed E-state index contributed by atoms with van der Waals surface area (Å²) in [6, 6.07) is 2.85. The van der Waals surface area contributed by atoms with E-state index in [4.69, 9.17) is 21.1 Å². The number of sulfonamides is 1. The average Bonchev–Trinajstić information content (AvgIpc) is 3.99. The van der Waals surface area contributed by atoms with Crippen LogP contribution in [0.2, 0.25) is 5.02 Å². The van der Waals surface area contributed by atoms with Crippen LogP contribution < -0.4 is 24.8 Å². The van der Waals surface area contributed by atoms with E-state index in [9.17, 15) is 32.7 Å².